The number of hydrogen-bond acceptors (Lipinski definition) is 3. The first-order valence-corrected chi connectivity index (χ1v) is 7.27. The van der Waals surface area contributed by atoms with Gasteiger partial charge in [0, 0.05) is 32.9 Å². The lowest BCUT2D eigenvalue weighted by Crippen LogP contribution is -2.39. The molecule has 0 spiro atoms. The fourth-order valence-electron chi connectivity index (χ4n) is 1.67. The average Bonchev–Trinajstić information content (AvgIpc) is 2.51. The van der Waals surface area contributed by atoms with Gasteiger partial charge < -0.3 is 20.1 Å². The largest absolute Gasteiger partial charge is 0.489 e. The van der Waals surface area contributed by atoms with Crippen LogP contribution in [0.15, 0.2) is 23.2 Å². The zero-order valence-corrected chi connectivity index (χ0v) is 15.7. The highest BCUT2D eigenvalue weighted by molar-refractivity contribution is 14.0. The summed E-state index contributed by atoms with van der Waals surface area (Å²) in [6.07, 6.45) is 0.881. The molecule has 132 valence electrons. The van der Waals surface area contributed by atoms with Crippen LogP contribution in [0.5, 0.6) is 5.75 Å². The highest BCUT2D eigenvalue weighted by atomic mass is 127. The van der Waals surface area contributed by atoms with Gasteiger partial charge in [-0.1, -0.05) is 0 Å². The molecule has 0 saturated heterocycles. The van der Waals surface area contributed by atoms with Crippen molar-refractivity contribution in [3.05, 3.63) is 29.8 Å². The molecule has 1 aromatic carbocycles. The summed E-state index contributed by atoms with van der Waals surface area (Å²) in [6.45, 7) is 4.80. The zero-order chi connectivity index (χ0) is 16.2. The zero-order valence-electron chi connectivity index (χ0n) is 13.4. The van der Waals surface area contributed by atoms with Gasteiger partial charge in [0.25, 0.3) is 0 Å². The standard InChI is InChI=1S/C15H23F2N3O2.HI/c1-3-21-9-4-7-19-15(18-2)20-8-10-22-14-6-5-12(16)11-13(14)17;/h5-6,11H,3-4,7-10H2,1-2H3,(H2,18,19,20);1H. The van der Waals surface area contributed by atoms with Crippen molar-refractivity contribution in [1.29, 1.82) is 0 Å². The maximum absolute atomic E-state index is 13.3. The fourth-order valence-corrected chi connectivity index (χ4v) is 1.67. The van der Waals surface area contributed by atoms with Crippen molar-refractivity contribution in [2.75, 3.05) is 40.0 Å². The van der Waals surface area contributed by atoms with Crippen molar-refractivity contribution in [1.82, 2.24) is 10.6 Å². The van der Waals surface area contributed by atoms with Crippen molar-refractivity contribution in [3.8, 4) is 5.75 Å². The Balaban J connectivity index is 0.00000484. The highest BCUT2D eigenvalue weighted by Gasteiger charge is 2.04. The molecule has 0 aliphatic carbocycles. The molecule has 8 heteroatoms. The second kappa shape index (κ2) is 13.3. The van der Waals surface area contributed by atoms with E-state index in [1.54, 1.807) is 7.05 Å². The van der Waals surface area contributed by atoms with Crippen LogP contribution in [-0.4, -0.2) is 45.9 Å². The Bertz CT molecular complexity index is 476. The van der Waals surface area contributed by atoms with E-state index in [-0.39, 0.29) is 36.3 Å². The molecule has 2 N–H and O–H groups in total. The number of aliphatic imine (C=N–C) groups is 1. The summed E-state index contributed by atoms with van der Waals surface area (Å²) < 4.78 is 36.6. The molecular weight excluding hydrogens is 419 g/mol. The van der Waals surface area contributed by atoms with Crippen molar-refractivity contribution >= 4 is 29.9 Å². The third-order valence-electron chi connectivity index (χ3n) is 2.73. The third-order valence-corrected chi connectivity index (χ3v) is 2.73. The van der Waals surface area contributed by atoms with E-state index in [9.17, 15) is 8.78 Å². The van der Waals surface area contributed by atoms with Gasteiger partial charge in [0.15, 0.2) is 17.5 Å². The lowest BCUT2D eigenvalue weighted by atomic mass is 10.3. The molecule has 0 heterocycles. The number of rotatable bonds is 9. The number of benzene rings is 1. The molecule has 23 heavy (non-hydrogen) atoms. The van der Waals surface area contributed by atoms with E-state index >= 15 is 0 Å². The van der Waals surface area contributed by atoms with E-state index in [4.69, 9.17) is 9.47 Å². The van der Waals surface area contributed by atoms with E-state index in [1.807, 2.05) is 6.92 Å². The Labute approximate surface area is 152 Å². The van der Waals surface area contributed by atoms with Gasteiger partial charge in [-0.3, -0.25) is 4.99 Å². The molecule has 0 atom stereocenters. The van der Waals surface area contributed by atoms with Crippen LogP contribution in [0.1, 0.15) is 13.3 Å². The normalized spacial score (nSPS) is 10.9. The summed E-state index contributed by atoms with van der Waals surface area (Å²) in [5.41, 5.74) is 0. The van der Waals surface area contributed by atoms with Gasteiger partial charge in [0.05, 0.1) is 6.54 Å². The topological polar surface area (TPSA) is 54.9 Å². The number of hydrogen-bond donors (Lipinski definition) is 2. The summed E-state index contributed by atoms with van der Waals surface area (Å²) in [4.78, 5) is 4.05. The van der Waals surface area contributed by atoms with Crippen molar-refractivity contribution in [3.63, 3.8) is 0 Å². The van der Waals surface area contributed by atoms with E-state index in [0.717, 1.165) is 25.1 Å². The smallest absolute Gasteiger partial charge is 0.191 e. The Morgan fingerprint density at radius 1 is 1.17 bits per heavy atom. The molecule has 0 radical (unpaired) electrons. The van der Waals surface area contributed by atoms with Gasteiger partial charge in [-0.25, -0.2) is 8.78 Å². The van der Waals surface area contributed by atoms with E-state index < -0.39 is 11.6 Å². The van der Waals surface area contributed by atoms with Crippen molar-refractivity contribution in [2.45, 2.75) is 13.3 Å². The van der Waals surface area contributed by atoms with Crippen LogP contribution in [-0.2, 0) is 4.74 Å². The van der Waals surface area contributed by atoms with Gasteiger partial charge in [-0.15, -0.1) is 24.0 Å². The van der Waals surface area contributed by atoms with Crippen LogP contribution in [0.3, 0.4) is 0 Å². The molecule has 0 amide bonds. The minimum Gasteiger partial charge on any atom is -0.489 e. The number of guanidine groups is 1. The summed E-state index contributed by atoms with van der Waals surface area (Å²) >= 11 is 0. The van der Waals surface area contributed by atoms with Crippen LogP contribution >= 0.6 is 24.0 Å². The van der Waals surface area contributed by atoms with E-state index in [0.29, 0.717) is 25.7 Å². The van der Waals surface area contributed by atoms with Crippen LogP contribution in [0.4, 0.5) is 8.78 Å². The van der Waals surface area contributed by atoms with E-state index in [2.05, 4.69) is 15.6 Å². The molecular formula is C15H24F2IN3O2. The quantitative estimate of drug-likeness (QED) is 0.267. The highest BCUT2D eigenvalue weighted by Crippen LogP contribution is 2.17. The first-order valence-electron chi connectivity index (χ1n) is 7.27. The average molecular weight is 443 g/mol. The maximum atomic E-state index is 13.3. The minimum atomic E-state index is -0.710. The van der Waals surface area contributed by atoms with Crippen LogP contribution < -0.4 is 15.4 Å². The first-order chi connectivity index (χ1) is 10.7. The summed E-state index contributed by atoms with van der Waals surface area (Å²) in [5, 5.41) is 6.16. The SMILES string of the molecule is CCOCCCNC(=NC)NCCOc1ccc(F)cc1F.I. The van der Waals surface area contributed by atoms with Gasteiger partial charge in [-0.2, -0.15) is 0 Å². The lowest BCUT2D eigenvalue weighted by Gasteiger charge is -2.12. The monoisotopic (exact) mass is 443 g/mol. The Hall–Kier alpha value is -1.16. The number of nitrogens with one attached hydrogen (secondary N) is 2. The molecule has 0 saturated carbocycles. The molecule has 0 bridgehead atoms. The summed E-state index contributed by atoms with van der Waals surface area (Å²) in [5.74, 6) is -0.666. The van der Waals surface area contributed by atoms with E-state index in [1.165, 1.54) is 6.07 Å². The Kier molecular flexibility index (Phi) is 12.6. The molecule has 0 fully saturated rings. The number of halogens is 3. The number of ether oxygens (including phenoxy) is 2. The maximum Gasteiger partial charge on any atom is 0.191 e. The minimum absolute atomic E-state index is 0. The van der Waals surface area contributed by atoms with Crippen LogP contribution in [0.25, 0.3) is 0 Å². The second-order valence-electron chi connectivity index (χ2n) is 4.40. The molecule has 1 rings (SSSR count). The van der Waals surface area contributed by atoms with Gasteiger partial charge in [-0.05, 0) is 25.5 Å². The molecule has 1 aromatic rings. The number of nitrogens with zero attached hydrogens (tertiary/aromatic N) is 1. The fraction of sp³-hybridized carbons (Fsp3) is 0.533. The predicted octanol–water partition coefficient (Wildman–Crippen LogP) is 2.55. The van der Waals surface area contributed by atoms with Crippen LogP contribution in [0.2, 0.25) is 0 Å². The summed E-state index contributed by atoms with van der Waals surface area (Å²) in [6, 6.07) is 3.22. The molecule has 0 aliphatic heterocycles. The Morgan fingerprint density at radius 2 is 1.91 bits per heavy atom. The molecule has 0 aliphatic rings. The van der Waals surface area contributed by atoms with Gasteiger partial charge in [0.2, 0.25) is 0 Å². The Morgan fingerprint density at radius 3 is 2.57 bits per heavy atom. The van der Waals surface area contributed by atoms with Crippen molar-refractivity contribution in [2.24, 2.45) is 4.99 Å². The first kappa shape index (κ1) is 21.8. The van der Waals surface area contributed by atoms with Crippen LogP contribution in [0, 0.1) is 11.6 Å². The molecule has 0 aromatic heterocycles. The summed E-state index contributed by atoms with van der Waals surface area (Å²) in [7, 11) is 1.67. The molecule has 0 unspecified atom stereocenters. The predicted molar refractivity (Wildman–Crippen MR) is 97.7 cm³/mol. The third kappa shape index (κ3) is 9.54. The lowest BCUT2D eigenvalue weighted by molar-refractivity contribution is 0.145. The molecule has 5 nitrogen and oxygen atoms in total. The second-order valence-corrected chi connectivity index (χ2v) is 4.40. The van der Waals surface area contributed by atoms with Gasteiger partial charge in [0.1, 0.15) is 12.4 Å². The van der Waals surface area contributed by atoms with Crippen molar-refractivity contribution < 1.29 is 18.3 Å². The van der Waals surface area contributed by atoms with Gasteiger partial charge >= 0.3 is 0 Å².